The van der Waals surface area contributed by atoms with E-state index in [1.165, 1.54) is 192 Å². The molecule has 0 amide bonds. The summed E-state index contributed by atoms with van der Waals surface area (Å²) >= 11 is 0. The summed E-state index contributed by atoms with van der Waals surface area (Å²) in [7, 11) is 6.26. The Morgan fingerprint density at radius 3 is 0.875 bits per heavy atom. The molecule has 0 fully saturated rings. The summed E-state index contributed by atoms with van der Waals surface area (Å²) in [6.45, 7) is 6.73. The van der Waals surface area contributed by atoms with Crippen molar-refractivity contribution in [1.29, 1.82) is 0 Å². The summed E-state index contributed by atoms with van der Waals surface area (Å²) in [6.07, 6.45) is 43.4. The fourth-order valence-corrected chi connectivity index (χ4v) is 7.97. The van der Waals surface area contributed by atoms with Gasteiger partial charge in [0.05, 0.1) is 0 Å². The Morgan fingerprint density at radius 1 is 0.375 bits per heavy atom. The van der Waals surface area contributed by atoms with Gasteiger partial charge in [-0.15, -0.1) is 0 Å². The molecule has 0 radical (unpaired) electrons. The van der Waals surface area contributed by atoms with Crippen LogP contribution in [0.2, 0.25) is 0 Å². The van der Waals surface area contributed by atoms with Gasteiger partial charge in [0.15, 0.2) is 0 Å². The summed E-state index contributed by atoms with van der Waals surface area (Å²) in [5.41, 5.74) is 0. The Labute approximate surface area is 257 Å². The van der Waals surface area contributed by atoms with E-state index in [-0.39, 0.29) is 0 Å². The molecule has 0 aromatic carbocycles. The van der Waals surface area contributed by atoms with Gasteiger partial charge in [-0.2, -0.15) is 0 Å². The Balaban J connectivity index is 3.73. The van der Waals surface area contributed by atoms with Gasteiger partial charge >= 0.3 is 205 Å². The molecule has 0 atom stereocenters. The first kappa shape index (κ1) is 40.4. The molecule has 0 unspecified atom stereocenters. The first-order chi connectivity index (χ1) is 19.5. The summed E-state index contributed by atoms with van der Waals surface area (Å²) in [5.74, 6) is 0. The standard InChI is InChI=1S/C37H80NOP/c1-6-8-10-12-14-16-18-20-22-24-26-28-30-32-36-40(39-35-34-38(3,4)5)37-33-31-29-27-25-23-21-19-17-15-13-11-9-7-2/h40H,6-37H2,1-5H3. The summed E-state index contributed by atoms with van der Waals surface area (Å²) in [6, 6.07) is 0. The van der Waals surface area contributed by atoms with Crippen LogP contribution in [0.15, 0.2) is 0 Å². The maximum atomic E-state index is 6.53. The van der Waals surface area contributed by atoms with Crippen LogP contribution < -0.4 is 0 Å². The molecule has 244 valence electrons. The third-order valence-corrected chi connectivity index (χ3v) is 11.1. The Bertz CT molecular complexity index is 432. The predicted molar refractivity (Wildman–Crippen MR) is 188 cm³/mol. The normalized spacial score (nSPS) is 12.4. The zero-order valence-electron chi connectivity index (χ0n) is 29.0. The van der Waals surface area contributed by atoms with Gasteiger partial charge in [0.1, 0.15) is 0 Å². The quantitative estimate of drug-likeness (QED) is 0.0414. The van der Waals surface area contributed by atoms with Gasteiger partial charge in [0.2, 0.25) is 0 Å². The molecule has 2 nitrogen and oxygen atoms in total. The molecule has 0 aliphatic rings. The molecular weight excluding hydrogens is 505 g/mol. The molecule has 3 heteroatoms. The zero-order valence-corrected chi connectivity index (χ0v) is 30.0. The number of rotatable bonds is 34. The molecule has 0 N–H and O–H groups in total. The number of quaternary nitrogens is 1. The minimum atomic E-state index is -0.608. The molecule has 0 aliphatic carbocycles. The van der Waals surface area contributed by atoms with Crippen molar-refractivity contribution in [1.82, 2.24) is 0 Å². The topological polar surface area (TPSA) is 9.23 Å². The van der Waals surface area contributed by atoms with Crippen LogP contribution in [0.1, 0.15) is 194 Å². The predicted octanol–water partition coefficient (Wildman–Crippen LogP) is 12.8. The molecule has 40 heavy (non-hydrogen) atoms. The van der Waals surface area contributed by atoms with Gasteiger partial charge in [-0.05, 0) is 0 Å². The van der Waals surface area contributed by atoms with E-state index in [2.05, 4.69) is 35.0 Å². The number of nitrogens with zero attached hydrogens (tertiary/aromatic N) is 1. The van der Waals surface area contributed by atoms with Gasteiger partial charge in [0.25, 0.3) is 0 Å². The molecular formula is C37H80NOP. The molecule has 0 rings (SSSR count). The first-order valence-electron chi connectivity index (χ1n) is 18.8. The van der Waals surface area contributed by atoms with Crippen molar-refractivity contribution in [2.75, 3.05) is 46.6 Å². The molecule has 0 saturated heterocycles. The van der Waals surface area contributed by atoms with Crippen molar-refractivity contribution in [3.05, 3.63) is 0 Å². The average Bonchev–Trinajstić information content (AvgIpc) is 2.92. The molecule has 0 spiro atoms. The van der Waals surface area contributed by atoms with E-state index < -0.39 is 8.15 Å². The number of unbranched alkanes of at least 4 members (excludes halogenated alkanes) is 26. The SMILES string of the molecule is CCCCCCCCCCCCCCCC[PH-](CCCCCCCCCCCCCCCC)OCC[N+](C)(C)C. The van der Waals surface area contributed by atoms with Crippen LogP contribution in [0.3, 0.4) is 0 Å². The molecule has 0 heterocycles. The summed E-state index contributed by atoms with van der Waals surface area (Å²) in [4.78, 5) is 0. The first-order valence-corrected chi connectivity index (χ1v) is 20.6. The van der Waals surface area contributed by atoms with Crippen molar-refractivity contribution >= 4 is 8.15 Å². The van der Waals surface area contributed by atoms with Crippen LogP contribution in [-0.4, -0.2) is 51.1 Å². The molecule has 0 bridgehead atoms. The van der Waals surface area contributed by atoms with Crippen LogP contribution in [0.4, 0.5) is 0 Å². The van der Waals surface area contributed by atoms with Crippen molar-refractivity contribution in [3.8, 4) is 0 Å². The molecule has 0 aromatic rings. The maximum absolute atomic E-state index is 6.53. The van der Waals surface area contributed by atoms with E-state index in [4.69, 9.17) is 4.52 Å². The monoisotopic (exact) mass is 586 g/mol. The van der Waals surface area contributed by atoms with E-state index in [1.807, 2.05) is 0 Å². The Kier molecular flexibility index (Phi) is 32.6. The number of hydrogen-bond acceptors (Lipinski definition) is 1. The number of likely N-dealkylation sites (N-methyl/N-ethyl adjacent to an activating group) is 1. The van der Waals surface area contributed by atoms with Crippen molar-refractivity contribution in [3.63, 3.8) is 0 Å². The fraction of sp³-hybridized carbons (Fsp3) is 1.00. The van der Waals surface area contributed by atoms with Crippen LogP contribution in [0, 0.1) is 0 Å². The van der Waals surface area contributed by atoms with Gasteiger partial charge in [-0.3, -0.25) is 0 Å². The number of hydrogen-bond donors (Lipinski definition) is 0. The summed E-state index contributed by atoms with van der Waals surface area (Å²) < 4.78 is 7.55. The second-order valence-corrected chi connectivity index (χ2v) is 16.5. The Morgan fingerprint density at radius 2 is 0.625 bits per heavy atom. The van der Waals surface area contributed by atoms with Gasteiger partial charge in [-0.1, -0.05) is 52.4 Å². The van der Waals surface area contributed by atoms with E-state index in [0.717, 1.165) is 17.6 Å². The third-order valence-electron chi connectivity index (χ3n) is 8.69. The van der Waals surface area contributed by atoms with Crippen LogP contribution in [-0.2, 0) is 4.52 Å². The second-order valence-electron chi connectivity index (χ2n) is 14.1. The van der Waals surface area contributed by atoms with E-state index in [9.17, 15) is 0 Å². The van der Waals surface area contributed by atoms with Crippen molar-refractivity contribution < 1.29 is 9.01 Å². The fourth-order valence-electron chi connectivity index (χ4n) is 5.77. The molecule has 0 aromatic heterocycles. The van der Waals surface area contributed by atoms with Crippen LogP contribution >= 0.6 is 8.15 Å². The van der Waals surface area contributed by atoms with Crippen molar-refractivity contribution in [2.24, 2.45) is 0 Å². The molecule has 0 saturated carbocycles. The van der Waals surface area contributed by atoms with E-state index >= 15 is 0 Å². The van der Waals surface area contributed by atoms with Crippen LogP contribution in [0.25, 0.3) is 0 Å². The van der Waals surface area contributed by atoms with Gasteiger partial charge in [-0.25, -0.2) is 0 Å². The minimum absolute atomic E-state index is 0.608. The van der Waals surface area contributed by atoms with E-state index in [1.54, 1.807) is 0 Å². The zero-order chi connectivity index (χ0) is 29.4. The van der Waals surface area contributed by atoms with Gasteiger partial charge < -0.3 is 0 Å². The second kappa shape index (κ2) is 32.3. The average molecular weight is 586 g/mol. The van der Waals surface area contributed by atoms with Crippen molar-refractivity contribution in [2.45, 2.75) is 194 Å². The van der Waals surface area contributed by atoms with E-state index in [0.29, 0.717) is 0 Å². The Hall–Kier alpha value is 0.350. The summed E-state index contributed by atoms with van der Waals surface area (Å²) in [5, 5.41) is 0. The third kappa shape index (κ3) is 34.6. The molecule has 0 aliphatic heterocycles. The van der Waals surface area contributed by atoms with Gasteiger partial charge in [0, 0.05) is 0 Å². The van der Waals surface area contributed by atoms with Crippen LogP contribution in [0.5, 0.6) is 0 Å².